The topological polar surface area (TPSA) is 53.2 Å². The number of nitrogens with zero attached hydrogens (tertiary/aromatic N) is 2. The summed E-state index contributed by atoms with van der Waals surface area (Å²) < 4.78 is 21.1. The Bertz CT molecular complexity index is 1330. The van der Waals surface area contributed by atoms with Crippen molar-refractivity contribution in [2.24, 2.45) is 0 Å². The van der Waals surface area contributed by atoms with Crippen molar-refractivity contribution in [3.63, 3.8) is 0 Å². The van der Waals surface area contributed by atoms with Gasteiger partial charge in [0.15, 0.2) is 0 Å². The van der Waals surface area contributed by atoms with E-state index in [1.165, 1.54) is 29.9 Å². The highest BCUT2D eigenvalue weighted by molar-refractivity contribution is 6.31. The second-order valence-corrected chi connectivity index (χ2v) is 6.87. The highest BCUT2D eigenvalue weighted by Crippen LogP contribution is 2.20. The van der Waals surface area contributed by atoms with Gasteiger partial charge in [-0.1, -0.05) is 29.8 Å². The molecule has 1 heterocycles. The Hall–Kier alpha value is -3.38. The molecule has 0 saturated heterocycles. The Morgan fingerprint density at radius 3 is 2.41 bits per heavy atom. The average Bonchev–Trinajstić information content (AvgIpc) is 2.73. The van der Waals surface area contributed by atoms with Gasteiger partial charge in [-0.3, -0.25) is 9.36 Å². The summed E-state index contributed by atoms with van der Waals surface area (Å²) in [7, 11) is 1.54. The van der Waals surface area contributed by atoms with E-state index in [0.717, 1.165) is 4.57 Å². The number of aromatic nitrogens is 2. The number of methoxy groups -OCH3 is 1. The van der Waals surface area contributed by atoms with E-state index in [9.17, 15) is 14.0 Å². The minimum Gasteiger partial charge on any atom is -0.497 e. The van der Waals surface area contributed by atoms with Gasteiger partial charge in [-0.25, -0.2) is 13.8 Å². The number of ether oxygens (including phenoxy) is 1. The van der Waals surface area contributed by atoms with Gasteiger partial charge < -0.3 is 4.74 Å². The summed E-state index contributed by atoms with van der Waals surface area (Å²) in [6.45, 7) is 0.0922. The molecule has 3 aromatic carbocycles. The molecule has 146 valence electrons. The standard InChI is InChI=1S/C22H16ClFN2O3/c1-29-17-10-8-16(9-11-17)26-21(27)18-4-2-3-5-20(18)25(22(26)28)13-14-6-7-15(24)12-19(14)23/h2-12H,13H2,1H3. The summed E-state index contributed by atoms with van der Waals surface area (Å²) in [5, 5.41) is 0.601. The molecule has 4 aromatic rings. The molecule has 0 atom stereocenters. The van der Waals surface area contributed by atoms with Crippen molar-refractivity contribution in [1.29, 1.82) is 0 Å². The van der Waals surface area contributed by atoms with Gasteiger partial charge in [0, 0.05) is 5.02 Å². The minimum atomic E-state index is -0.515. The normalized spacial score (nSPS) is 11.0. The Morgan fingerprint density at radius 2 is 1.72 bits per heavy atom. The number of para-hydroxylation sites is 1. The van der Waals surface area contributed by atoms with Crippen molar-refractivity contribution in [3.05, 3.63) is 104 Å². The number of benzene rings is 3. The van der Waals surface area contributed by atoms with Crippen LogP contribution in [0.1, 0.15) is 5.56 Å². The van der Waals surface area contributed by atoms with E-state index in [1.54, 1.807) is 48.5 Å². The molecule has 0 fully saturated rings. The molecule has 0 aliphatic rings. The summed E-state index contributed by atoms with van der Waals surface area (Å²) in [5.41, 5.74) is 0.537. The molecule has 0 bridgehead atoms. The van der Waals surface area contributed by atoms with Gasteiger partial charge in [0.2, 0.25) is 0 Å². The van der Waals surface area contributed by atoms with Crippen molar-refractivity contribution < 1.29 is 9.13 Å². The lowest BCUT2D eigenvalue weighted by molar-refractivity contribution is 0.414. The van der Waals surface area contributed by atoms with E-state index >= 15 is 0 Å². The molecular formula is C22H16ClFN2O3. The predicted octanol–water partition coefficient (Wildman–Crippen LogP) is 4.00. The smallest absolute Gasteiger partial charge is 0.336 e. The number of halogens is 2. The summed E-state index contributed by atoms with van der Waals surface area (Å²) in [4.78, 5) is 26.4. The first-order valence-corrected chi connectivity index (χ1v) is 9.20. The molecule has 0 aliphatic carbocycles. The zero-order valence-electron chi connectivity index (χ0n) is 15.4. The van der Waals surface area contributed by atoms with Crippen molar-refractivity contribution in [2.75, 3.05) is 7.11 Å². The highest BCUT2D eigenvalue weighted by Gasteiger charge is 2.15. The number of fused-ring (bicyclic) bond motifs is 1. The van der Waals surface area contributed by atoms with Crippen LogP contribution in [0, 0.1) is 5.82 Å². The van der Waals surface area contributed by atoms with Gasteiger partial charge in [-0.15, -0.1) is 0 Å². The van der Waals surface area contributed by atoms with Gasteiger partial charge in [0.05, 0.1) is 30.2 Å². The maximum Gasteiger partial charge on any atom is 0.336 e. The molecule has 1 aromatic heterocycles. The van der Waals surface area contributed by atoms with Crippen molar-refractivity contribution in [3.8, 4) is 11.4 Å². The third-order valence-corrected chi connectivity index (χ3v) is 5.08. The van der Waals surface area contributed by atoms with Gasteiger partial charge >= 0.3 is 5.69 Å². The zero-order chi connectivity index (χ0) is 20.5. The third-order valence-electron chi connectivity index (χ3n) is 4.72. The van der Waals surface area contributed by atoms with Crippen LogP contribution in [0.4, 0.5) is 4.39 Å². The van der Waals surface area contributed by atoms with E-state index < -0.39 is 17.1 Å². The molecule has 4 rings (SSSR count). The molecule has 0 unspecified atom stereocenters. The molecule has 5 nitrogen and oxygen atoms in total. The molecule has 0 radical (unpaired) electrons. The monoisotopic (exact) mass is 410 g/mol. The quantitative estimate of drug-likeness (QED) is 0.511. The Balaban J connectivity index is 1.98. The van der Waals surface area contributed by atoms with E-state index in [4.69, 9.17) is 16.3 Å². The summed E-state index contributed by atoms with van der Waals surface area (Å²) >= 11 is 6.17. The molecule has 0 amide bonds. The van der Waals surface area contributed by atoms with E-state index in [2.05, 4.69) is 0 Å². The average molecular weight is 411 g/mol. The first-order valence-electron chi connectivity index (χ1n) is 8.82. The Kier molecular flexibility index (Phi) is 4.94. The maximum absolute atomic E-state index is 13.4. The van der Waals surface area contributed by atoms with Crippen molar-refractivity contribution >= 4 is 22.5 Å². The van der Waals surface area contributed by atoms with Crippen LogP contribution in [-0.2, 0) is 6.54 Å². The molecule has 7 heteroatoms. The SMILES string of the molecule is COc1ccc(-n2c(=O)c3ccccc3n(Cc3ccc(F)cc3Cl)c2=O)cc1. The van der Waals surface area contributed by atoms with Crippen molar-refractivity contribution in [2.45, 2.75) is 6.54 Å². The molecule has 29 heavy (non-hydrogen) atoms. The van der Waals surface area contributed by atoms with E-state index in [-0.39, 0.29) is 11.6 Å². The number of rotatable bonds is 4. The fraction of sp³-hybridized carbons (Fsp3) is 0.0909. The lowest BCUT2D eigenvalue weighted by Crippen LogP contribution is -2.39. The van der Waals surface area contributed by atoms with Crippen LogP contribution in [0.5, 0.6) is 5.75 Å². The second kappa shape index (κ2) is 7.56. The van der Waals surface area contributed by atoms with Crippen LogP contribution in [0.2, 0.25) is 5.02 Å². The molecule has 0 saturated carbocycles. The van der Waals surface area contributed by atoms with Crippen LogP contribution in [-0.4, -0.2) is 16.2 Å². The van der Waals surface area contributed by atoms with Gasteiger partial charge in [0.1, 0.15) is 11.6 Å². The molecule has 0 N–H and O–H groups in total. The number of hydrogen-bond donors (Lipinski definition) is 0. The fourth-order valence-electron chi connectivity index (χ4n) is 3.25. The van der Waals surface area contributed by atoms with Crippen LogP contribution in [0.3, 0.4) is 0 Å². The largest absolute Gasteiger partial charge is 0.497 e. The van der Waals surface area contributed by atoms with Crippen molar-refractivity contribution in [1.82, 2.24) is 9.13 Å². The van der Waals surface area contributed by atoms with Gasteiger partial charge in [-0.05, 0) is 54.1 Å². The highest BCUT2D eigenvalue weighted by atomic mass is 35.5. The first kappa shape index (κ1) is 19.0. The van der Waals surface area contributed by atoms with Crippen LogP contribution in [0.25, 0.3) is 16.6 Å². The van der Waals surface area contributed by atoms with Crippen LogP contribution in [0.15, 0.2) is 76.3 Å². The molecule has 0 aliphatic heterocycles. The summed E-state index contributed by atoms with van der Waals surface area (Å²) in [6, 6.07) is 17.5. The Labute approximate surface area is 170 Å². The summed E-state index contributed by atoms with van der Waals surface area (Å²) in [5.74, 6) is 0.153. The predicted molar refractivity (Wildman–Crippen MR) is 111 cm³/mol. The molecular weight excluding hydrogens is 395 g/mol. The molecule has 0 spiro atoms. The maximum atomic E-state index is 13.4. The third kappa shape index (κ3) is 3.43. The lowest BCUT2D eigenvalue weighted by Gasteiger charge is -2.15. The fourth-order valence-corrected chi connectivity index (χ4v) is 3.48. The zero-order valence-corrected chi connectivity index (χ0v) is 16.2. The summed E-state index contributed by atoms with van der Waals surface area (Å²) in [6.07, 6.45) is 0. The van der Waals surface area contributed by atoms with E-state index in [1.807, 2.05) is 0 Å². The Morgan fingerprint density at radius 1 is 1.00 bits per heavy atom. The van der Waals surface area contributed by atoms with Gasteiger partial charge in [-0.2, -0.15) is 0 Å². The van der Waals surface area contributed by atoms with Crippen LogP contribution < -0.4 is 16.0 Å². The number of hydrogen-bond acceptors (Lipinski definition) is 3. The second-order valence-electron chi connectivity index (χ2n) is 6.46. The van der Waals surface area contributed by atoms with Gasteiger partial charge in [0.25, 0.3) is 5.56 Å². The first-order chi connectivity index (χ1) is 14.0. The van der Waals surface area contributed by atoms with Crippen LogP contribution >= 0.6 is 11.6 Å². The van der Waals surface area contributed by atoms with E-state index in [0.29, 0.717) is 27.9 Å². The minimum absolute atomic E-state index is 0.0922. The lowest BCUT2D eigenvalue weighted by atomic mass is 10.2.